The summed E-state index contributed by atoms with van der Waals surface area (Å²) in [5.41, 5.74) is 5.25. The molecule has 0 aromatic carbocycles. The van der Waals surface area contributed by atoms with E-state index < -0.39 is 5.54 Å². The lowest BCUT2D eigenvalue weighted by Crippen LogP contribution is -2.47. The second-order valence-corrected chi connectivity index (χ2v) is 6.05. The van der Waals surface area contributed by atoms with Crippen LogP contribution in [0, 0.1) is 0 Å². The Bertz CT molecular complexity index is 408. The quantitative estimate of drug-likeness (QED) is 0.862. The molecule has 0 radical (unpaired) electrons. The number of morpholine rings is 1. The van der Waals surface area contributed by atoms with Crippen molar-refractivity contribution in [2.45, 2.75) is 45.4 Å². The molecular formula is C12H22N4O2. The molecule has 2 heterocycles. The van der Waals surface area contributed by atoms with Gasteiger partial charge in [0.05, 0.1) is 24.3 Å². The number of rotatable bonds is 3. The molecule has 0 amide bonds. The Hall–Kier alpha value is -0.980. The molecule has 0 unspecified atom stereocenters. The molecule has 18 heavy (non-hydrogen) atoms. The molecule has 1 aromatic heterocycles. The van der Waals surface area contributed by atoms with E-state index in [0.29, 0.717) is 18.3 Å². The summed E-state index contributed by atoms with van der Waals surface area (Å²) in [6.07, 6.45) is 0. The lowest BCUT2D eigenvalue weighted by molar-refractivity contribution is -0.0900. The summed E-state index contributed by atoms with van der Waals surface area (Å²) in [5.74, 6) is 1.16. The van der Waals surface area contributed by atoms with Crippen molar-refractivity contribution in [3.63, 3.8) is 0 Å². The molecule has 1 aliphatic rings. The minimum atomic E-state index is -0.563. The molecule has 2 N–H and O–H groups in total. The molecule has 0 aliphatic carbocycles. The molecule has 0 bridgehead atoms. The first-order chi connectivity index (χ1) is 8.26. The van der Waals surface area contributed by atoms with Crippen LogP contribution in [0.25, 0.3) is 0 Å². The smallest absolute Gasteiger partial charge is 0.240 e. The van der Waals surface area contributed by atoms with Crippen LogP contribution in [-0.2, 0) is 16.8 Å². The van der Waals surface area contributed by atoms with E-state index in [2.05, 4.69) is 28.9 Å². The highest BCUT2D eigenvalue weighted by Crippen LogP contribution is 2.19. The summed E-state index contributed by atoms with van der Waals surface area (Å²) in [5, 5.41) is 3.92. The first kappa shape index (κ1) is 13.5. The van der Waals surface area contributed by atoms with Crippen LogP contribution in [0.4, 0.5) is 0 Å². The Kier molecular flexibility index (Phi) is 3.44. The van der Waals surface area contributed by atoms with Crippen LogP contribution in [0.15, 0.2) is 4.52 Å². The van der Waals surface area contributed by atoms with E-state index in [9.17, 15) is 0 Å². The maximum atomic E-state index is 5.93. The highest BCUT2D eigenvalue weighted by atomic mass is 16.5. The number of aromatic nitrogens is 2. The second kappa shape index (κ2) is 4.60. The zero-order chi connectivity index (χ0) is 13.4. The van der Waals surface area contributed by atoms with Gasteiger partial charge in [-0.2, -0.15) is 4.98 Å². The number of nitrogens with two attached hydrogens (primary N) is 1. The predicted molar refractivity (Wildman–Crippen MR) is 66.8 cm³/mol. The summed E-state index contributed by atoms with van der Waals surface area (Å²) >= 11 is 0. The fourth-order valence-electron chi connectivity index (χ4n) is 2.02. The van der Waals surface area contributed by atoms with Gasteiger partial charge in [0.2, 0.25) is 5.89 Å². The molecule has 1 aliphatic heterocycles. The van der Waals surface area contributed by atoms with Gasteiger partial charge in [0, 0.05) is 13.1 Å². The van der Waals surface area contributed by atoms with Crippen molar-refractivity contribution in [3.8, 4) is 0 Å². The van der Waals surface area contributed by atoms with E-state index in [1.807, 2.05) is 13.8 Å². The van der Waals surface area contributed by atoms with Gasteiger partial charge in [-0.05, 0) is 27.7 Å². The van der Waals surface area contributed by atoms with Gasteiger partial charge in [-0.25, -0.2) is 0 Å². The van der Waals surface area contributed by atoms with Crippen molar-refractivity contribution in [2.24, 2.45) is 5.73 Å². The molecule has 1 aromatic rings. The Morgan fingerprint density at radius 3 is 2.72 bits per heavy atom. The average molecular weight is 254 g/mol. The molecule has 6 heteroatoms. The van der Waals surface area contributed by atoms with Crippen molar-refractivity contribution in [2.75, 3.05) is 19.7 Å². The van der Waals surface area contributed by atoms with Crippen molar-refractivity contribution in [1.82, 2.24) is 15.0 Å². The zero-order valence-electron chi connectivity index (χ0n) is 11.6. The van der Waals surface area contributed by atoms with Crippen LogP contribution in [0.5, 0.6) is 0 Å². The summed E-state index contributed by atoms with van der Waals surface area (Å²) in [4.78, 5) is 6.59. The summed E-state index contributed by atoms with van der Waals surface area (Å²) in [6.45, 7) is 11.0. The van der Waals surface area contributed by atoms with Crippen molar-refractivity contribution in [1.29, 1.82) is 0 Å². The van der Waals surface area contributed by atoms with Gasteiger partial charge >= 0.3 is 0 Å². The molecule has 0 saturated carbocycles. The summed E-state index contributed by atoms with van der Waals surface area (Å²) < 4.78 is 10.9. The van der Waals surface area contributed by atoms with Crippen molar-refractivity contribution in [3.05, 3.63) is 11.7 Å². The number of hydrogen-bond acceptors (Lipinski definition) is 6. The number of nitrogens with zero attached hydrogens (tertiary/aromatic N) is 3. The largest absolute Gasteiger partial charge is 0.373 e. The Morgan fingerprint density at radius 1 is 1.44 bits per heavy atom. The monoisotopic (exact) mass is 254 g/mol. The molecule has 1 fully saturated rings. The van der Waals surface area contributed by atoms with Gasteiger partial charge in [0.1, 0.15) is 0 Å². The minimum Gasteiger partial charge on any atom is -0.373 e. The third kappa shape index (κ3) is 3.28. The minimum absolute atomic E-state index is 0.117. The van der Waals surface area contributed by atoms with Gasteiger partial charge < -0.3 is 15.0 Å². The van der Waals surface area contributed by atoms with E-state index in [-0.39, 0.29) is 5.60 Å². The predicted octanol–water partition coefficient (Wildman–Crippen LogP) is 0.874. The zero-order valence-corrected chi connectivity index (χ0v) is 11.6. The number of hydrogen-bond donors (Lipinski definition) is 1. The fourth-order valence-corrected chi connectivity index (χ4v) is 2.02. The lowest BCUT2D eigenvalue weighted by atomic mass is 10.1. The standard InChI is InChI=1S/C12H22N4O2/c1-11(2)8-16(5-6-17-11)7-9-14-10(15-18-9)12(3,4)13/h5-8,13H2,1-4H3. The fraction of sp³-hybridized carbons (Fsp3) is 0.833. The first-order valence-electron chi connectivity index (χ1n) is 6.24. The van der Waals surface area contributed by atoms with Crippen molar-refractivity contribution < 1.29 is 9.26 Å². The van der Waals surface area contributed by atoms with Crippen LogP contribution in [-0.4, -0.2) is 40.3 Å². The average Bonchev–Trinajstić information content (AvgIpc) is 2.63. The van der Waals surface area contributed by atoms with Gasteiger partial charge in [-0.1, -0.05) is 5.16 Å². The topological polar surface area (TPSA) is 77.4 Å². The molecule has 2 rings (SSSR count). The van der Waals surface area contributed by atoms with E-state index >= 15 is 0 Å². The Labute approximate surface area is 107 Å². The van der Waals surface area contributed by atoms with Gasteiger partial charge in [0.15, 0.2) is 5.82 Å². The van der Waals surface area contributed by atoms with Crippen molar-refractivity contribution >= 4 is 0 Å². The normalized spacial score (nSPS) is 21.2. The molecule has 0 spiro atoms. The van der Waals surface area contributed by atoms with Gasteiger partial charge in [-0.15, -0.1) is 0 Å². The van der Waals surface area contributed by atoms with Crippen LogP contribution in [0.2, 0.25) is 0 Å². The lowest BCUT2D eigenvalue weighted by Gasteiger charge is -2.37. The van der Waals surface area contributed by atoms with Crippen LogP contribution in [0.1, 0.15) is 39.4 Å². The van der Waals surface area contributed by atoms with Crippen LogP contribution >= 0.6 is 0 Å². The highest BCUT2D eigenvalue weighted by molar-refractivity contribution is 4.99. The molecular weight excluding hydrogens is 232 g/mol. The van der Waals surface area contributed by atoms with Gasteiger partial charge in [-0.3, -0.25) is 4.90 Å². The summed E-state index contributed by atoms with van der Waals surface area (Å²) in [6, 6.07) is 0. The van der Waals surface area contributed by atoms with Crippen LogP contribution < -0.4 is 5.73 Å². The van der Waals surface area contributed by atoms with E-state index in [0.717, 1.165) is 19.7 Å². The maximum absolute atomic E-state index is 5.93. The van der Waals surface area contributed by atoms with E-state index in [4.69, 9.17) is 15.0 Å². The van der Waals surface area contributed by atoms with E-state index in [1.54, 1.807) is 0 Å². The highest BCUT2D eigenvalue weighted by Gasteiger charge is 2.29. The third-order valence-electron chi connectivity index (χ3n) is 2.91. The van der Waals surface area contributed by atoms with Gasteiger partial charge in [0.25, 0.3) is 0 Å². The molecule has 0 atom stereocenters. The van der Waals surface area contributed by atoms with Crippen LogP contribution in [0.3, 0.4) is 0 Å². The Balaban J connectivity index is 1.99. The third-order valence-corrected chi connectivity index (χ3v) is 2.91. The van der Waals surface area contributed by atoms with E-state index in [1.165, 1.54) is 0 Å². The SMILES string of the molecule is CC1(C)CN(Cc2nc(C(C)(C)N)no2)CCO1. The second-order valence-electron chi connectivity index (χ2n) is 6.05. The Morgan fingerprint density at radius 2 is 2.17 bits per heavy atom. The molecule has 1 saturated heterocycles. The summed E-state index contributed by atoms with van der Waals surface area (Å²) in [7, 11) is 0. The molecule has 102 valence electrons. The maximum Gasteiger partial charge on any atom is 0.240 e. The first-order valence-corrected chi connectivity index (χ1v) is 6.24. The molecule has 6 nitrogen and oxygen atoms in total. The number of ether oxygens (including phenoxy) is 1.